The summed E-state index contributed by atoms with van der Waals surface area (Å²) >= 11 is 0. The van der Waals surface area contributed by atoms with Crippen LogP contribution in [0.5, 0.6) is 5.75 Å². The van der Waals surface area contributed by atoms with Crippen molar-refractivity contribution in [2.75, 3.05) is 29.5 Å². The van der Waals surface area contributed by atoms with E-state index in [-0.39, 0.29) is 47.4 Å². The lowest BCUT2D eigenvalue weighted by molar-refractivity contribution is -0.116. The fourth-order valence-corrected chi connectivity index (χ4v) is 5.29. The fourth-order valence-electron chi connectivity index (χ4n) is 3.05. The minimum atomic E-state index is -3.83. The average molecular weight is 520 g/mol. The van der Waals surface area contributed by atoms with Gasteiger partial charge in [-0.05, 0) is 50.6 Å². The third kappa shape index (κ3) is 7.37. The van der Waals surface area contributed by atoms with Crippen LogP contribution in [0.15, 0.2) is 41.3 Å². The van der Waals surface area contributed by atoms with Crippen molar-refractivity contribution in [3.63, 3.8) is 0 Å². The van der Waals surface area contributed by atoms with Gasteiger partial charge in [-0.15, -0.1) is 0 Å². The predicted molar refractivity (Wildman–Crippen MR) is 125 cm³/mol. The van der Waals surface area contributed by atoms with E-state index in [1.165, 1.54) is 25.3 Å². The van der Waals surface area contributed by atoms with Gasteiger partial charge in [0.2, 0.25) is 26.0 Å². The van der Waals surface area contributed by atoms with E-state index in [9.17, 15) is 30.4 Å². The van der Waals surface area contributed by atoms with Gasteiger partial charge in [0.15, 0.2) is 11.6 Å². The molecule has 0 aromatic heterocycles. The SMILES string of the molecule is COc1ccc(S(=O)(=O)NC(C)C)cc1NC(=O)CCCN(c1ccc(F)c(F)c1)S(C)(=O)=O. The molecule has 1 amide bonds. The van der Waals surface area contributed by atoms with Gasteiger partial charge in [0.25, 0.3) is 0 Å². The van der Waals surface area contributed by atoms with E-state index in [2.05, 4.69) is 10.0 Å². The summed E-state index contributed by atoms with van der Waals surface area (Å²) in [6, 6.07) is 6.37. The lowest BCUT2D eigenvalue weighted by Gasteiger charge is -2.22. The molecule has 0 aliphatic rings. The highest BCUT2D eigenvalue weighted by molar-refractivity contribution is 7.92. The molecular weight excluding hydrogens is 492 g/mol. The van der Waals surface area contributed by atoms with Crippen molar-refractivity contribution in [2.24, 2.45) is 0 Å². The van der Waals surface area contributed by atoms with E-state index in [1.807, 2.05) is 0 Å². The summed E-state index contributed by atoms with van der Waals surface area (Å²) in [6.07, 6.45) is 0.823. The first kappa shape index (κ1) is 27.5. The van der Waals surface area contributed by atoms with Gasteiger partial charge in [0.1, 0.15) is 5.75 Å². The molecule has 0 aliphatic heterocycles. The van der Waals surface area contributed by atoms with Gasteiger partial charge in [0, 0.05) is 25.1 Å². The summed E-state index contributed by atoms with van der Waals surface area (Å²) in [6.45, 7) is 3.18. The van der Waals surface area contributed by atoms with Crippen molar-refractivity contribution in [2.45, 2.75) is 37.6 Å². The van der Waals surface area contributed by atoms with Gasteiger partial charge in [0.05, 0.1) is 29.6 Å². The van der Waals surface area contributed by atoms with Gasteiger partial charge < -0.3 is 10.1 Å². The Morgan fingerprint density at radius 1 is 1.06 bits per heavy atom. The monoisotopic (exact) mass is 519 g/mol. The number of anilines is 2. The van der Waals surface area contributed by atoms with E-state index in [4.69, 9.17) is 4.74 Å². The third-order valence-electron chi connectivity index (χ3n) is 4.50. The average Bonchev–Trinajstić information content (AvgIpc) is 2.71. The lowest BCUT2D eigenvalue weighted by Crippen LogP contribution is -2.31. The molecule has 0 fully saturated rings. The Bertz CT molecular complexity index is 1250. The van der Waals surface area contributed by atoms with Crippen LogP contribution in [-0.2, 0) is 24.8 Å². The molecule has 0 spiro atoms. The molecule has 13 heteroatoms. The van der Waals surface area contributed by atoms with Crippen molar-refractivity contribution >= 4 is 37.3 Å². The minimum absolute atomic E-state index is 0.0487. The number of amides is 1. The van der Waals surface area contributed by atoms with Crippen LogP contribution >= 0.6 is 0 Å². The quantitative estimate of drug-likeness (QED) is 0.471. The number of methoxy groups -OCH3 is 1. The highest BCUT2D eigenvalue weighted by Crippen LogP contribution is 2.28. The Balaban J connectivity index is 2.13. The normalized spacial score (nSPS) is 12.0. The molecule has 9 nitrogen and oxygen atoms in total. The van der Waals surface area contributed by atoms with Crippen LogP contribution in [0.25, 0.3) is 0 Å². The molecule has 0 saturated heterocycles. The Morgan fingerprint density at radius 2 is 1.74 bits per heavy atom. The van der Waals surface area contributed by atoms with E-state index < -0.39 is 37.6 Å². The summed E-state index contributed by atoms with van der Waals surface area (Å²) in [7, 11) is -6.28. The van der Waals surface area contributed by atoms with Crippen LogP contribution in [0.4, 0.5) is 20.2 Å². The van der Waals surface area contributed by atoms with E-state index >= 15 is 0 Å². The minimum Gasteiger partial charge on any atom is -0.495 e. The van der Waals surface area contributed by atoms with Crippen LogP contribution in [0.2, 0.25) is 0 Å². The number of sulfonamides is 2. The summed E-state index contributed by atoms with van der Waals surface area (Å²) in [5, 5.41) is 2.56. The van der Waals surface area contributed by atoms with Gasteiger partial charge in [-0.3, -0.25) is 9.10 Å². The number of hydrogen-bond donors (Lipinski definition) is 2. The van der Waals surface area contributed by atoms with Crippen LogP contribution in [0.3, 0.4) is 0 Å². The summed E-state index contributed by atoms with van der Waals surface area (Å²) in [5.41, 5.74) is 0.0544. The van der Waals surface area contributed by atoms with E-state index in [0.29, 0.717) is 0 Å². The Kier molecular flexibility index (Phi) is 8.97. The first-order chi connectivity index (χ1) is 15.7. The van der Waals surface area contributed by atoms with Crippen molar-refractivity contribution in [3.8, 4) is 5.75 Å². The first-order valence-corrected chi connectivity index (χ1v) is 13.5. The molecule has 2 aromatic carbocycles. The predicted octanol–water partition coefficient (Wildman–Crippen LogP) is 2.85. The summed E-state index contributed by atoms with van der Waals surface area (Å²) in [4.78, 5) is 12.4. The zero-order valence-electron chi connectivity index (χ0n) is 19.1. The van der Waals surface area contributed by atoms with Crippen LogP contribution in [0.1, 0.15) is 26.7 Å². The number of rotatable bonds is 11. The molecule has 0 aliphatic carbocycles. The maximum Gasteiger partial charge on any atom is 0.240 e. The third-order valence-corrected chi connectivity index (χ3v) is 7.35. The van der Waals surface area contributed by atoms with Gasteiger partial charge in [-0.2, -0.15) is 0 Å². The van der Waals surface area contributed by atoms with Crippen molar-refractivity contribution < 1.29 is 35.1 Å². The molecule has 0 radical (unpaired) electrons. The number of carbonyl (C=O) groups excluding carboxylic acids is 1. The highest BCUT2D eigenvalue weighted by Gasteiger charge is 2.21. The highest BCUT2D eigenvalue weighted by atomic mass is 32.2. The van der Waals surface area contributed by atoms with Crippen molar-refractivity contribution in [1.82, 2.24) is 4.72 Å². The topological polar surface area (TPSA) is 122 Å². The molecule has 0 unspecified atom stereocenters. The number of ether oxygens (including phenoxy) is 1. The van der Waals surface area contributed by atoms with Gasteiger partial charge >= 0.3 is 0 Å². The van der Waals surface area contributed by atoms with Crippen LogP contribution in [-0.4, -0.2) is 48.7 Å². The second-order valence-electron chi connectivity index (χ2n) is 7.72. The molecule has 2 N–H and O–H groups in total. The number of halogens is 2. The summed E-state index contributed by atoms with van der Waals surface area (Å²) < 4.78 is 84.3. The number of benzene rings is 2. The molecule has 0 bridgehead atoms. The number of carbonyl (C=O) groups is 1. The summed E-state index contributed by atoms with van der Waals surface area (Å²) in [5.74, 6) is -2.60. The van der Waals surface area contributed by atoms with Crippen LogP contribution in [0, 0.1) is 11.6 Å². The molecule has 0 atom stereocenters. The Hall–Kier alpha value is -2.77. The number of hydrogen-bond acceptors (Lipinski definition) is 6. The first-order valence-electron chi connectivity index (χ1n) is 10.2. The molecule has 34 heavy (non-hydrogen) atoms. The maximum absolute atomic E-state index is 13.6. The van der Waals surface area contributed by atoms with Crippen molar-refractivity contribution in [3.05, 3.63) is 48.0 Å². The molecule has 188 valence electrons. The van der Waals surface area contributed by atoms with E-state index in [1.54, 1.807) is 13.8 Å². The number of nitrogens with one attached hydrogen (secondary N) is 2. The fraction of sp³-hybridized carbons (Fsp3) is 0.381. The Morgan fingerprint density at radius 3 is 2.29 bits per heavy atom. The van der Waals surface area contributed by atoms with Crippen LogP contribution < -0.4 is 19.1 Å². The van der Waals surface area contributed by atoms with E-state index in [0.717, 1.165) is 28.8 Å². The van der Waals surface area contributed by atoms with Gasteiger partial charge in [-0.25, -0.2) is 30.3 Å². The lowest BCUT2D eigenvalue weighted by atomic mass is 10.2. The standard InChI is InChI=1S/C21H27F2N3O6S2/c1-14(2)25-34(30,31)16-8-10-20(32-3)19(13-16)24-21(27)6-5-11-26(33(4,28)29)15-7-9-17(22)18(23)12-15/h7-10,12-14,25H,5-6,11H2,1-4H3,(H,24,27). The zero-order chi connectivity index (χ0) is 25.7. The molecular formula is C21H27F2N3O6S2. The molecule has 2 aromatic rings. The largest absolute Gasteiger partial charge is 0.495 e. The smallest absolute Gasteiger partial charge is 0.240 e. The van der Waals surface area contributed by atoms with Gasteiger partial charge in [-0.1, -0.05) is 0 Å². The Labute approximate surface area is 198 Å². The molecule has 2 rings (SSSR count). The molecule has 0 saturated carbocycles. The number of nitrogens with zero attached hydrogens (tertiary/aromatic N) is 1. The second kappa shape index (κ2) is 11.1. The van der Waals surface area contributed by atoms with Crippen molar-refractivity contribution in [1.29, 1.82) is 0 Å². The second-order valence-corrected chi connectivity index (χ2v) is 11.3. The molecule has 0 heterocycles. The maximum atomic E-state index is 13.6. The zero-order valence-corrected chi connectivity index (χ0v) is 20.8.